The molecule has 0 spiro atoms. The highest BCUT2D eigenvalue weighted by molar-refractivity contribution is 5.48. The lowest BCUT2D eigenvalue weighted by Gasteiger charge is -2.43. The Morgan fingerprint density at radius 2 is 1.26 bits per heavy atom. The Morgan fingerprint density at radius 1 is 0.714 bits per heavy atom. The van der Waals surface area contributed by atoms with Crippen LogP contribution >= 0.6 is 0 Å². The Balaban J connectivity index is 1.44. The zero-order valence-corrected chi connectivity index (χ0v) is 20.3. The summed E-state index contributed by atoms with van der Waals surface area (Å²) in [5, 5.41) is 10.4. The van der Waals surface area contributed by atoms with Gasteiger partial charge in [0.05, 0.1) is 17.7 Å². The highest BCUT2D eigenvalue weighted by atomic mass is 16.3. The first-order valence-electron chi connectivity index (χ1n) is 12.7. The van der Waals surface area contributed by atoms with Crippen LogP contribution in [0.1, 0.15) is 41.6 Å². The summed E-state index contributed by atoms with van der Waals surface area (Å²) in [5.41, 5.74) is 4.44. The maximum absolute atomic E-state index is 10.4. The Morgan fingerprint density at radius 3 is 1.77 bits per heavy atom. The number of rotatable bonds is 8. The van der Waals surface area contributed by atoms with Crippen LogP contribution in [-0.4, -0.2) is 41.2 Å². The predicted molar refractivity (Wildman–Crippen MR) is 142 cm³/mol. The van der Waals surface area contributed by atoms with E-state index in [0.29, 0.717) is 0 Å². The summed E-state index contributed by atoms with van der Waals surface area (Å²) in [4.78, 5) is 7.46. The Hall–Kier alpha value is -3.27. The number of aromatic nitrogens is 1. The maximum atomic E-state index is 10.4. The second-order valence-electron chi connectivity index (χ2n) is 9.75. The smallest absolute Gasteiger partial charge is 0.0635 e. The second kappa shape index (κ2) is 10.6. The van der Waals surface area contributed by atoms with Gasteiger partial charge in [-0.2, -0.15) is 0 Å². The molecule has 4 aromatic rings. The Labute approximate surface area is 209 Å². The molecule has 3 nitrogen and oxygen atoms in total. The summed E-state index contributed by atoms with van der Waals surface area (Å²) in [6.45, 7) is 3.14. The highest BCUT2D eigenvalue weighted by Crippen LogP contribution is 2.42. The second-order valence-corrected chi connectivity index (χ2v) is 9.75. The summed E-state index contributed by atoms with van der Waals surface area (Å²) in [5.74, 6) is 0. The molecule has 1 N–H and O–H groups in total. The summed E-state index contributed by atoms with van der Waals surface area (Å²) >= 11 is 0. The molecule has 178 valence electrons. The molecule has 1 aliphatic rings. The lowest BCUT2D eigenvalue weighted by Crippen LogP contribution is -2.46. The molecule has 1 fully saturated rings. The van der Waals surface area contributed by atoms with Gasteiger partial charge in [0.1, 0.15) is 0 Å². The molecular formula is C32H34N2O. The van der Waals surface area contributed by atoms with Gasteiger partial charge in [-0.3, -0.25) is 4.98 Å². The molecule has 0 bridgehead atoms. The SMILES string of the molecule is OCC1(c2ccccc2)CCN(CCC(c2ccccc2)(c2ccccc2)c2ccccn2)CC1. The van der Waals surface area contributed by atoms with E-state index >= 15 is 0 Å². The van der Waals surface area contributed by atoms with Crippen LogP contribution in [0.2, 0.25) is 0 Å². The van der Waals surface area contributed by atoms with Crippen LogP contribution in [0.5, 0.6) is 0 Å². The largest absolute Gasteiger partial charge is 0.395 e. The molecule has 0 amide bonds. The number of hydrogen-bond acceptors (Lipinski definition) is 3. The van der Waals surface area contributed by atoms with Crippen molar-refractivity contribution in [2.24, 2.45) is 0 Å². The number of aliphatic hydroxyl groups is 1. The lowest BCUT2D eigenvalue weighted by molar-refractivity contribution is 0.0982. The van der Waals surface area contributed by atoms with Crippen molar-refractivity contribution >= 4 is 0 Å². The van der Waals surface area contributed by atoms with E-state index in [-0.39, 0.29) is 17.4 Å². The minimum atomic E-state index is -0.325. The van der Waals surface area contributed by atoms with Gasteiger partial charge in [0, 0.05) is 11.6 Å². The van der Waals surface area contributed by atoms with Crippen molar-refractivity contribution in [3.05, 3.63) is 138 Å². The molecule has 5 rings (SSSR count). The molecule has 35 heavy (non-hydrogen) atoms. The average Bonchev–Trinajstić information content (AvgIpc) is 2.96. The van der Waals surface area contributed by atoms with Gasteiger partial charge in [0.2, 0.25) is 0 Å². The lowest BCUT2D eigenvalue weighted by atomic mass is 9.69. The van der Waals surface area contributed by atoms with E-state index in [1.54, 1.807) is 0 Å². The molecule has 1 aromatic heterocycles. The van der Waals surface area contributed by atoms with Crippen LogP contribution in [0.15, 0.2) is 115 Å². The van der Waals surface area contributed by atoms with Gasteiger partial charge in [-0.05, 0) is 67.7 Å². The molecule has 0 atom stereocenters. The molecule has 0 aliphatic carbocycles. The van der Waals surface area contributed by atoms with Crippen molar-refractivity contribution in [2.45, 2.75) is 30.1 Å². The van der Waals surface area contributed by atoms with E-state index in [1.807, 2.05) is 18.3 Å². The van der Waals surface area contributed by atoms with E-state index in [1.165, 1.54) is 16.7 Å². The van der Waals surface area contributed by atoms with Gasteiger partial charge >= 0.3 is 0 Å². The van der Waals surface area contributed by atoms with E-state index < -0.39 is 0 Å². The Kier molecular flexibility index (Phi) is 7.08. The van der Waals surface area contributed by atoms with Crippen molar-refractivity contribution in [3.8, 4) is 0 Å². The van der Waals surface area contributed by atoms with E-state index in [0.717, 1.165) is 44.6 Å². The van der Waals surface area contributed by atoms with Gasteiger partial charge < -0.3 is 10.0 Å². The van der Waals surface area contributed by atoms with Gasteiger partial charge in [-0.15, -0.1) is 0 Å². The number of likely N-dealkylation sites (tertiary alicyclic amines) is 1. The minimum Gasteiger partial charge on any atom is -0.395 e. The molecule has 1 aliphatic heterocycles. The Bertz CT molecular complexity index is 1070. The van der Waals surface area contributed by atoms with Crippen molar-refractivity contribution in [2.75, 3.05) is 26.2 Å². The fourth-order valence-electron chi connectivity index (χ4n) is 5.80. The molecule has 3 aromatic carbocycles. The first-order valence-corrected chi connectivity index (χ1v) is 12.7. The van der Waals surface area contributed by atoms with Crippen LogP contribution in [-0.2, 0) is 10.8 Å². The van der Waals surface area contributed by atoms with Crippen LogP contribution in [0.25, 0.3) is 0 Å². The highest BCUT2D eigenvalue weighted by Gasteiger charge is 2.40. The maximum Gasteiger partial charge on any atom is 0.0635 e. The van der Waals surface area contributed by atoms with E-state index in [4.69, 9.17) is 4.98 Å². The fraction of sp³-hybridized carbons (Fsp3) is 0.281. The van der Waals surface area contributed by atoms with Gasteiger partial charge in [-0.25, -0.2) is 0 Å². The molecule has 1 saturated heterocycles. The van der Waals surface area contributed by atoms with Crippen molar-refractivity contribution in [1.29, 1.82) is 0 Å². The van der Waals surface area contributed by atoms with E-state index in [9.17, 15) is 5.11 Å². The van der Waals surface area contributed by atoms with Crippen LogP contribution in [0, 0.1) is 0 Å². The molecule has 2 heterocycles. The van der Waals surface area contributed by atoms with E-state index in [2.05, 4.69) is 102 Å². The van der Waals surface area contributed by atoms with Crippen LogP contribution in [0.3, 0.4) is 0 Å². The molecular weight excluding hydrogens is 428 g/mol. The van der Waals surface area contributed by atoms with Crippen molar-refractivity contribution in [1.82, 2.24) is 9.88 Å². The number of nitrogens with zero attached hydrogens (tertiary/aromatic N) is 2. The zero-order valence-electron chi connectivity index (χ0n) is 20.3. The van der Waals surface area contributed by atoms with Crippen molar-refractivity contribution < 1.29 is 5.11 Å². The molecule has 3 heteroatoms. The van der Waals surface area contributed by atoms with Crippen molar-refractivity contribution in [3.63, 3.8) is 0 Å². The third-order valence-corrected chi connectivity index (χ3v) is 7.94. The third kappa shape index (κ3) is 4.67. The molecule has 0 unspecified atom stereocenters. The van der Waals surface area contributed by atoms with Gasteiger partial charge in [0.25, 0.3) is 0 Å². The summed E-state index contributed by atoms with van der Waals surface area (Å²) < 4.78 is 0. The standard InChI is InChI=1S/C32H34N2O/c35-26-31(27-12-4-1-5-13-27)19-23-34(24-20-31)25-21-32(28-14-6-2-7-15-28,29-16-8-3-9-17-29)30-18-10-11-22-33-30/h1-18,22,35H,19-21,23-26H2. The van der Waals surface area contributed by atoms with Crippen LogP contribution in [0.4, 0.5) is 0 Å². The monoisotopic (exact) mass is 462 g/mol. The number of benzene rings is 3. The fourth-order valence-corrected chi connectivity index (χ4v) is 5.80. The quantitative estimate of drug-likeness (QED) is 0.358. The number of piperidine rings is 1. The molecule has 0 radical (unpaired) electrons. The van der Waals surface area contributed by atoms with Gasteiger partial charge in [0.15, 0.2) is 0 Å². The first-order chi connectivity index (χ1) is 17.3. The summed E-state index contributed by atoms with van der Waals surface area (Å²) in [7, 11) is 0. The normalized spacial score (nSPS) is 16.1. The number of hydrogen-bond donors (Lipinski definition) is 1. The first kappa shape index (κ1) is 23.5. The summed E-state index contributed by atoms with van der Waals surface area (Å²) in [6.07, 6.45) is 4.80. The molecule has 0 saturated carbocycles. The van der Waals surface area contributed by atoms with Gasteiger partial charge in [-0.1, -0.05) is 97.1 Å². The topological polar surface area (TPSA) is 36.4 Å². The predicted octanol–water partition coefficient (Wildman–Crippen LogP) is 5.83. The van der Waals surface area contributed by atoms with Crippen LogP contribution < -0.4 is 0 Å². The average molecular weight is 463 g/mol. The zero-order chi connectivity index (χ0) is 24.0. The minimum absolute atomic E-state index is 0.130. The third-order valence-electron chi connectivity index (χ3n) is 7.94. The number of pyridine rings is 1. The summed E-state index contributed by atoms with van der Waals surface area (Å²) in [6, 6.07) is 38.5. The number of aliphatic hydroxyl groups excluding tert-OH is 1.